The Morgan fingerprint density at radius 1 is 1.13 bits per heavy atom. The summed E-state index contributed by atoms with van der Waals surface area (Å²) in [4.78, 5) is 23.9. The third kappa shape index (κ3) is 4.95. The van der Waals surface area contributed by atoms with Crippen molar-refractivity contribution in [2.45, 2.75) is 26.3 Å². The van der Waals surface area contributed by atoms with Gasteiger partial charge in [0.25, 0.3) is 0 Å². The molecule has 162 valence electrons. The molecular formula is C23H33N5O2. The van der Waals surface area contributed by atoms with Gasteiger partial charge in [-0.15, -0.1) is 0 Å². The minimum Gasteiger partial charge on any atom is -0.497 e. The van der Waals surface area contributed by atoms with E-state index in [4.69, 9.17) is 4.74 Å². The average molecular weight is 412 g/mol. The fraction of sp³-hybridized carbons (Fsp3) is 0.565. The van der Waals surface area contributed by atoms with Crippen molar-refractivity contribution in [1.82, 2.24) is 19.4 Å². The van der Waals surface area contributed by atoms with Crippen LogP contribution in [0, 0.1) is 12.8 Å². The number of carbonyl (C=O) groups is 1. The van der Waals surface area contributed by atoms with E-state index in [9.17, 15) is 4.79 Å². The van der Waals surface area contributed by atoms with Gasteiger partial charge >= 0.3 is 0 Å². The number of likely N-dealkylation sites (tertiary alicyclic amines) is 1. The van der Waals surface area contributed by atoms with Gasteiger partial charge in [-0.2, -0.15) is 0 Å². The summed E-state index contributed by atoms with van der Waals surface area (Å²) in [5.41, 5.74) is 1.19. The molecule has 1 aromatic carbocycles. The number of hydrogen-bond donors (Lipinski definition) is 0. The first-order valence-electron chi connectivity index (χ1n) is 11.0. The van der Waals surface area contributed by atoms with Crippen LogP contribution in [0.4, 0.5) is 5.69 Å². The predicted molar refractivity (Wildman–Crippen MR) is 118 cm³/mol. The van der Waals surface area contributed by atoms with Crippen molar-refractivity contribution in [3.8, 4) is 5.75 Å². The standard InChI is InChI=1S/C23H33N5O2/c1-19-24-9-11-28(19)17-20-4-3-10-25(16-20)18-23(29)27-14-12-26(13-15-27)21-5-7-22(30-2)8-6-21/h5-9,11,20H,3-4,10,12-18H2,1-2H3/t20-/m0/s1. The van der Waals surface area contributed by atoms with Crippen molar-refractivity contribution < 1.29 is 9.53 Å². The van der Waals surface area contributed by atoms with Gasteiger partial charge in [-0.05, 0) is 56.5 Å². The summed E-state index contributed by atoms with van der Waals surface area (Å²) in [7, 11) is 1.68. The number of benzene rings is 1. The Morgan fingerprint density at radius 3 is 2.57 bits per heavy atom. The summed E-state index contributed by atoms with van der Waals surface area (Å²) >= 11 is 0. The van der Waals surface area contributed by atoms with E-state index in [2.05, 4.69) is 44.6 Å². The summed E-state index contributed by atoms with van der Waals surface area (Å²) in [5, 5.41) is 0. The number of piperidine rings is 1. The van der Waals surface area contributed by atoms with E-state index < -0.39 is 0 Å². The first-order chi connectivity index (χ1) is 14.6. The minimum atomic E-state index is 0.267. The largest absolute Gasteiger partial charge is 0.497 e. The minimum absolute atomic E-state index is 0.267. The maximum Gasteiger partial charge on any atom is 0.236 e. The second-order valence-corrected chi connectivity index (χ2v) is 8.44. The Bertz CT molecular complexity index is 826. The first kappa shape index (κ1) is 20.7. The Labute approximate surface area is 179 Å². The lowest BCUT2D eigenvalue weighted by Crippen LogP contribution is -2.52. The van der Waals surface area contributed by atoms with Gasteiger partial charge in [0.2, 0.25) is 5.91 Å². The van der Waals surface area contributed by atoms with Crippen LogP contribution in [-0.2, 0) is 11.3 Å². The molecule has 0 aliphatic carbocycles. The molecule has 4 rings (SSSR count). The second kappa shape index (κ2) is 9.51. The maximum atomic E-state index is 12.9. The second-order valence-electron chi connectivity index (χ2n) is 8.44. The van der Waals surface area contributed by atoms with E-state index >= 15 is 0 Å². The van der Waals surface area contributed by atoms with Crippen LogP contribution in [-0.4, -0.2) is 78.2 Å². The molecule has 3 heterocycles. The third-order valence-corrected chi connectivity index (χ3v) is 6.41. The van der Waals surface area contributed by atoms with Crippen molar-refractivity contribution in [2.75, 3.05) is 57.8 Å². The van der Waals surface area contributed by atoms with Crippen molar-refractivity contribution in [3.63, 3.8) is 0 Å². The van der Waals surface area contributed by atoms with E-state index in [1.54, 1.807) is 7.11 Å². The van der Waals surface area contributed by atoms with Crippen LogP contribution < -0.4 is 9.64 Å². The highest BCUT2D eigenvalue weighted by Gasteiger charge is 2.26. The summed E-state index contributed by atoms with van der Waals surface area (Å²) in [6.07, 6.45) is 6.31. The van der Waals surface area contributed by atoms with E-state index in [-0.39, 0.29) is 5.91 Å². The molecule has 0 radical (unpaired) electrons. The fourth-order valence-corrected chi connectivity index (χ4v) is 4.62. The van der Waals surface area contributed by atoms with Crippen LogP contribution in [0.2, 0.25) is 0 Å². The molecule has 30 heavy (non-hydrogen) atoms. The zero-order chi connectivity index (χ0) is 20.9. The number of nitrogens with zero attached hydrogens (tertiary/aromatic N) is 5. The Balaban J connectivity index is 1.24. The van der Waals surface area contributed by atoms with Gasteiger partial charge in [-0.1, -0.05) is 0 Å². The fourth-order valence-electron chi connectivity index (χ4n) is 4.62. The van der Waals surface area contributed by atoms with Crippen LogP contribution >= 0.6 is 0 Å². The highest BCUT2D eigenvalue weighted by molar-refractivity contribution is 5.78. The third-order valence-electron chi connectivity index (χ3n) is 6.41. The maximum absolute atomic E-state index is 12.9. The molecule has 2 aliphatic heterocycles. The zero-order valence-corrected chi connectivity index (χ0v) is 18.2. The molecule has 1 aromatic heterocycles. The molecular weight excluding hydrogens is 378 g/mol. The van der Waals surface area contributed by atoms with Gasteiger partial charge in [0.05, 0.1) is 13.7 Å². The molecule has 2 aliphatic rings. The molecule has 2 saturated heterocycles. The molecule has 7 nitrogen and oxygen atoms in total. The number of rotatable bonds is 6. The number of amides is 1. The number of methoxy groups -OCH3 is 1. The van der Waals surface area contributed by atoms with Gasteiger partial charge in [-0.3, -0.25) is 9.69 Å². The van der Waals surface area contributed by atoms with E-state index in [1.165, 1.54) is 12.1 Å². The molecule has 0 unspecified atom stereocenters. The number of aromatic nitrogens is 2. The Hall–Kier alpha value is -2.54. The number of anilines is 1. The van der Waals surface area contributed by atoms with Gasteiger partial charge in [0, 0.05) is 57.3 Å². The number of hydrogen-bond acceptors (Lipinski definition) is 5. The summed E-state index contributed by atoms with van der Waals surface area (Å²) in [6.45, 7) is 8.94. The Morgan fingerprint density at radius 2 is 1.90 bits per heavy atom. The van der Waals surface area contributed by atoms with Crippen LogP contribution in [0.3, 0.4) is 0 Å². The van der Waals surface area contributed by atoms with E-state index in [1.807, 2.05) is 23.2 Å². The quantitative estimate of drug-likeness (QED) is 0.730. The molecule has 1 amide bonds. The van der Waals surface area contributed by atoms with Gasteiger partial charge in [-0.25, -0.2) is 4.98 Å². The van der Waals surface area contributed by atoms with E-state index in [0.717, 1.165) is 63.8 Å². The summed E-state index contributed by atoms with van der Waals surface area (Å²) in [5.74, 6) is 2.80. The SMILES string of the molecule is COc1ccc(N2CCN(C(=O)CN3CCC[C@H](Cn4ccnc4C)C3)CC2)cc1. The molecule has 0 saturated carbocycles. The molecule has 2 aromatic rings. The zero-order valence-electron chi connectivity index (χ0n) is 18.2. The van der Waals surface area contributed by atoms with Crippen molar-refractivity contribution in [3.05, 3.63) is 42.5 Å². The van der Waals surface area contributed by atoms with Crippen LogP contribution in [0.15, 0.2) is 36.7 Å². The number of aryl methyl sites for hydroxylation is 1. The lowest BCUT2D eigenvalue weighted by atomic mass is 9.98. The highest BCUT2D eigenvalue weighted by Crippen LogP contribution is 2.22. The monoisotopic (exact) mass is 411 g/mol. The molecule has 1 atom stereocenters. The van der Waals surface area contributed by atoms with Gasteiger partial charge < -0.3 is 19.1 Å². The van der Waals surface area contributed by atoms with Crippen molar-refractivity contribution >= 4 is 11.6 Å². The number of imidazole rings is 1. The van der Waals surface area contributed by atoms with Crippen molar-refractivity contribution in [2.24, 2.45) is 5.92 Å². The summed E-state index contributed by atoms with van der Waals surface area (Å²) in [6, 6.07) is 8.16. The average Bonchev–Trinajstić information content (AvgIpc) is 3.18. The van der Waals surface area contributed by atoms with Crippen LogP contribution in [0.5, 0.6) is 5.75 Å². The lowest BCUT2D eigenvalue weighted by Gasteiger charge is -2.38. The van der Waals surface area contributed by atoms with Crippen LogP contribution in [0.1, 0.15) is 18.7 Å². The molecule has 7 heteroatoms. The molecule has 0 bridgehead atoms. The number of carbonyl (C=O) groups excluding carboxylic acids is 1. The van der Waals surface area contributed by atoms with Gasteiger partial charge in [0.15, 0.2) is 0 Å². The Kier molecular flexibility index (Phi) is 6.57. The van der Waals surface area contributed by atoms with E-state index in [0.29, 0.717) is 12.5 Å². The summed E-state index contributed by atoms with van der Waals surface area (Å²) < 4.78 is 7.47. The normalized spacial score (nSPS) is 20.4. The molecule has 2 fully saturated rings. The van der Waals surface area contributed by atoms with Gasteiger partial charge in [0.1, 0.15) is 11.6 Å². The van der Waals surface area contributed by atoms with Crippen LogP contribution in [0.25, 0.3) is 0 Å². The van der Waals surface area contributed by atoms with Crippen molar-refractivity contribution in [1.29, 1.82) is 0 Å². The lowest BCUT2D eigenvalue weighted by molar-refractivity contribution is -0.133. The molecule has 0 N–H and O–H groups in total. The highest BCUT2D eigenvalue weighted by atomic mass is 16.5. The predicted octanol–water partition coefficient (Wildman–Crippen LogP) is 2.26. The number of ether oxygens (including phenoxy) is 1. The molecule has 0 spiro atoms. The first-order valence-corrected chi connectivity index (χ1v) is 11.0. The number of piperazine rings is 1. The smallest absolute Gasteiger partial charge is 0.236 e. The topological polar surface area (TPSA) is 53.8 Å².